The van der Waals surface area contributed by atoms with Gasteiger partial charge in [0.1, 0.15) is 5.82 Å². The molecule has 0 saturated carbocycles. The summed E-state index contributed by atoms with van der Waals surface area (Å²) < 4.78 is 0. The third-order valence-corrected chi connectivity index (χ3v) is 2.83. The van der Waals surface area contributed by atoms with Gasteiger partial charge in [-0.1, -0.05) is 12.1 Å². The van der Waals surface area contributed by atoms with Crippen molar-refractivity contribution >= 4 is 11.5 Å². The third kappa shape index (κ3) is 2.97. The van der Waals surface area contributed by atoms with Gasteiger partial charge in [-0.2, -0.15) is 0 Å². The predicted molar refractivity (Wildman–Crippen MR) is 74.3 cm³/mol. The van der Waals surface area contributed by atoms with Crippen LogP contribution in [-0.4, -0.2) is 16.5 Å². The van der Waals surface area contributed by atoms with E-state index in [4.69, 9.17) is 5.73 Å². The number of aryl methyl sites for hydroxylation is 1. The quantitative estimate of drug-likeness (QED) is 0.894. The van der Waals surface area contributed by atoms with Crippen LogP contribution in [0.4, 0.5) is 11.5 Å². The van der Waals surface area contributed by atoms with Gasteiger partial charge in [0.2, 0.25) is 0 Å². The molecule has 1 heterocycles. The SMILES string of the molecule is CCN(Cc1cnc(N)cn1)c1cccc(C)c1. The van der Waals surface area contributed by atoms with Crippen molar-refractivity contribution in [3.8, 4) is 0 Å². The molecular formula is C14H18N4. The van der Waals surface area contributed by atoms with E-state index >= 15 is 0 Å². The van der Waals surface area contributed by atoms with Crippen molar-refractivity contribution < 1.29 is 0 Å². The van der Waals surface area contributed by atoms with Crippen LogP contribution in [0.3, 0.4) is 0 Å². The van der Waals surface area contributed by atoms with Gasteiger partial charge < -0.3 is 10.6 Å². The van der Waals surface area contributed by atoms with Crippen molar-refractivity contribution in [3.05, 3.63) is 47.9 Å². The third-order valence-electron chi connectivity index (χ3n) is 2.83. The van der Waals surface area contributed by atoms with Crippen molar-refractivity contribution in [2.75, 3.05) is 17.2 Å². The molecular weight excluding hydrogens is 224 g/mol. The molecule has 0 spiro atoms. The van der Waals surface area contributed by atoms with Crippen molar-refractivity contribution in [1.29, 1.82) is 0 Å². The van der Waals surface area contributed by atoms with Crippen LogP contribution in [0.25, 0.3) is 0 Å². The largest absolute Gasteiger partial charge is 0.382 e. The Morgan fingerprint density at radius 2 is 2.06 bits per heavy atom. The first kappa shape index (κ1) is 12.4. The number of hydrogen-bond donors (Lipinski definition) is 1. The first-order valence-electron chi connectivity index (χ1n) is 6.07. The second kappa shape index (κ2) is 5.49. The molecule has 1 aromatic heterocycles. The minimum Gasteiger partial charge on any atom is -0.382 e. The highest BCUT2D eigenvalue weighted by molar-refractivity contribution is 5.48. The minimum absolute atomic E-state index is 0.456. The lowest BCUT2D eigenvalue weighted by Gasteiger charge is -2.23. The zero-order valence-corrected chi connectivity index (χ0v) is 10.8. The Labute approximate surface area is 107 Å². The average molecular weight is 242 g/mol. The highest BCUT2D eigenvalue weighted by Gasteiger charge is 2.06. The minimum atomic E-state index is 0.456. The van der Waals surface area contributed by atoms with Crippen LogP contribution in [-0.2, 0) is 6.54 Å². The van der Waals surface area contributed by atoms with Gasteiger partial charge >= 0.3 is 0 Å². The van der Waals surface area contributed by atoms with Gasteiger partial charge in [0.05, 0.1) is 24.6 Å². The Bertz CT molecular complexity index is 507. The summed E-state index contributed by atoms with van der Waals surface area (Å²) in [6.45, 7) is 5.90. The zero-order chi connectivity index (χ0) is 13.0. The molecule has 0 radical (unpaired) electrons. The number of nitrogens with two attached hydrogens (primary N) is 1. The summed E-state index contributed by atoms with van der Waals surface area (Å²) in [6, 6.07) is 8.46. The predicted octanol–water partition coefficient (Wildman–Crippen LogP) is 2.39. The molecule has 0 fully saturated rings. The van der Waals surface area contributed by atoms with Gasteiger partial charge in [-0.05, 0) is 31.5 Å². The van der Waals surface area contributed by atoms with Crippen molar-refractivity contribution in [3.63, 3.8) is 0 Å². The van der Waals surface area contributed by atoms with Crippen LogP contribution >= 0.6 is 0 Å². The lowest BCUT2D eigenvalue weighted by molar-refractivity contribution is 0.804. The summed E-state index contributed by atoms with van der Waals surface area (Å²) in [5, 5.41) is 0. The van der Waals surface area contributed by atoms with E-state index in [0.717, 1.165) is 18.8 Å². The van der Waals surface area contributed by atoms with Gasteiger partial charge in [0.25, 0.3) is 0 Å². The summed E-state index contributed by atoms with van der Waals surface area (Å²) in [5.41, 5.74) is 8.92. The van der Waals surface area contributed by atoms with Gasteiger partial charge in [-0.3, -0.25) is 4.98 Å². The summed E-state index contributed by atoms with van der Waals surface area (Å²) in [6.07, 6.45) is 3.33. The van der Waals surface area contributed by atoms with E-state index in [1.807, 2.05) is 0 Å². The van der Waals surface area contributed by atoms with Crippen LogP contribution in [0, 0.1) is 6.92 Å². The topological polar surface area (TPSA) is 55.0 Å². The smallest absolute Gasteiger partial charge is 0.141 e. The molecule has 0 aliphatic rings. The van der Waals surface area contributed by atoms with Gasteiger partial charge in [0, 0.05) is 12.2 Å². The fraction of sp³-hybridized carbons (Fsp3) is 0.286. The van der Waals surface area contributed by atoms with Crippen LogP contribution in [0.2, 0.25) is 0 Å². The van der Waals surface area contributed by atoms with Crippen molar-refractivity contribution in [2.24, 2.45) is 0 Å². The Morgan fingerprint density at radius 3 is 2.67 bits per heavy atom. The van der Waals surface area contributed by atoms with Gasteiger partial charge in [0.15, 0.2) is 0 Å². The monoisotopic (exact) mass is 242 g/mol. The van der Waals surface area contributed by atoms with Gasteiger partial charge in [-0.15, -0.1) is 0 Å². The molecule has 1 aromatic carbocycles. The van der Waals surface area contributed by atoms with E-state index in [0.29, 0.717) is 5.82 Å². The molecule has 2 rings (SSSR count). The highest BCUT2D eigenvalue weighted by Crippen LogP contribution is 2.17. The number of benzene rings is 1. The first-order valence-corrected chi connectivity index (χ1v) is 6.07. The molecule has 0 aliphatic heterocycles. The number of hydrogen-bond acceptors (Lipinski definition) is 4. The second-order valence-electron chi connectivity index (χ2n) is 4.29. The van der Waals surface area contributed by atoms with E-state index in [-0.39, 0.29) is 0 Å². The molecule has 2 N–H and O–H groups in total. The molecule has 0 aliphatic carbocycles. The van der Waals surface area contributed by atoms with E-state index in [1.54, 1.807) is 12.4 Å². The van der Waals surface area contributed by atoms with Crippen LogP contribution in [0.5, 0.6) is 0 Å². The molecule has 0 amide bonds. The molecule has 0 bridgehead atoms. The van der Waals surface area contributed by atoms with Gasteiger partial charge in [-0.25, -0.2) is 4.98 Å². The molecule has 94 valence electrons. The molecule has 2 aromatic rings. The number of nitrogens with zero attached hydrogens (tertiary/aromatic N) is 3. The van der Waals surface area contributed by atoms with Crippen molar-refractivity contribution in [1.82, 2.24) is 9.97 Å². The number of aromatic nitrogens is 2. The molecule has 0 saturated heterocycles. The van der Waals surface area contributed by atoms with Crippen molar-refractivity contribution in [2.45, 2.75) is 20.4 Å². The zero-order valence-electron chi connectivity index (χ0n) is 10.8. The van der Waals surface area contributed by atoms with Crippen LogP contribution < -0.4 is 10.6 Å². The maximum atomic E-state index is 5.53. The highest BCUT2D eigenvalue weighted by atomic mass is 15.1. The summed E-state index contributed by atoms with van der Waals surface area (Å²) in [5.74, 6) is 0.456. The molecule has 18 heavy (non-hydrogen) atoms. The second-order valence-corrected chi connectivity index (χ2v) is 4.29. The fourth-order valence-electron chi connectivity index (χ4n) is 1.85. The Kier molecular flexibility index (Phi) is 3.77. The maximum Gasteiger partial charge on any atom is 0.141 e. The standard InChI is InChI=1S/C14H18N4/c1-3-18(13-6-4-5-11(2)7-13)10-12-8-17-14(15)9-16-12/h4-9H,3,10H2,1-2H3,(H2,15,17). The lowest BCUT2D eigenvalue weighted by Crippen LogP contribution is -2.22. The molecule has 0 unspecified atom stereocenters. The number of anilines is 2. The number of nitrogen functional groups attached to an aromatic ring is 1. The normalized spacial score (nSPS) is 10.3. The fourth-order valence-corrected chi connectivity index (χ4v) is 1.85. The molecule has 4 nitrogen and oxygen atoms in total. The Balaban J connectivity index is 2.17. The first-order chi connectivity index (χ1) is 8.69. The molecule has 4 heteroatoms. The molecule has 0 atom stereocenters. The van der Waals surface area contributed by atoms with Crippen LogP contribution in [0.15, 0.2) is 36.7 Å². The lowest BCUT2D eigenvalue weighted by atomic mass is 10.2. The van der Waals surface area contributed by atoms with E-state index in [1.165, 1.54) is 11.3 Å². The number of rotatable bonds is 4. The van der Waals surface area contributed by atoms with E-state index in [9.17, 15) is 0 Å². The summed E-state index contributed by atoms with van der Waals surface area (Å²) >= 11 is 0. The maximum absolute atomic E-state index is 5.53. The average Bonchev–Trinajstić information content (AvgIpc) is 2.38. The van der Waals surface area contributed by atoms with E-state index in [2.05, 4.69) is 53.0 Å². The Hall–Kier alpha value is -2.10. The Morgan fingerprint density at radius 1 is 1.22 bits per heavy atom. The summed E-state index contributed by atoms with van der Waals surface area (Å²) in [7, 11) is 0. The summed E-state index contributed by atoms with van der Waals surface area (Å²) in [4.78, 5) is 10.6. The van der Waals surface area contributed by atoms with Crippen LogP contribution in [0.1, 0.15) is 18.2 Å². The van der Waals surface area contributed by atoms with E-state index < -0.39 is 0 Å².